The average molecular weight is 316 g/mol. The van der Waals surface area contributed by atoms with Crippen LogP contribution in [0.25, 0.3) is 0 Å². The van der Waals surface area contributed by atoms with Crippen LogP contribution in [0.2, 0.25) is 0 Å². The highest BCUT2D eigenvalue weighted by Gasteiger charge is 2.07. The Hall–Kier alpha value is -2.21. The van der Waals surface area contributed by atoms with Gasteiger partial charge in [0.15, 0.2) is 0 Å². The van der Waals surface area contributed by atoms with Gasteiger partial charge in [0.25, 0.3) is 0 Å². The molecular weight excluding hydrogens is 296 g/mol. The molecule has 0 saturated heterocycles. The molecule has 22 heavy (non-hydrogen) atoms. The Morgan fingerprint density at radius 3 is 2.59 bits per heavy atom. The third-order valence-electron chi connectivity index (χ3n) is 3.08. The molecule has 2 aromatic rings. The van der Waals surface area contributed by atoms with Crippen molar-refractivity contribution in [2.75, 3.05) is 30.6 Å². The Morgan fingerprint density at radius 1 is 1.23 bits per heavy atom. The fourth-order valence-corrected chi connectivity index (χ4v) is 2.40. The molecule has 0 saturated carbocycles. The van der Waals surface area contributed by atoms with Crippen LogP contribution < -0.4 is 15.5 Å². The number of hydrogen-bond acceptors (Lipinski definition) is 4. The smallest absolute Gasteiger partial charge is 0.319 e. The lowest BCUT2D eigenvalue weighted by molar-refractivity contribution is 0.251. The Labute approximate surface area is 135 Å². The Kier molecular flexibility index (Phi) is 5.66. The van der Waals surface area contributed by atoms with Crippen LogP contribution in [0.4, 0.5) is 16.3 Å². The van der Waals surface area contributed by atoms with Crippen molar-refractivity contribution in [2.24, 2.45) is 0 Å². The molecule has 0 atom stereocenters. The zero-order valence-corrected chi connectivity index (χ0v) is 13.8. The fourth-order valence-electron chi connectivity index (χ4n) is 2.00. The number of carbonyl (C=O) groups excluding carboxylic acids is 1. The molecule has 1 aromatic carbocycles. The maximum atomic E-state index is 12.0. The normalized spacial score (nSPS) is 10.1. The first-order valence-electron chi connectivity index (χ1n) is 6.90. The lowest BCUT2D eigenvalue weighted by atomic mass is 10.2. The number of rotatable bonds is 5. The Bertz CT molecular complexity index is 628. The van der Waals surface area contributed by atoms with E-state index in [1.165, 1.54) is 0 Å². The topological polar surface area (TPSA) is 57.3 Å². The Balaban J connectivity index is 1.92. The third kappa shape index (κ3) is 4.39. The SMILES string of the molecule is CSc1ccc(NC(=O)NCc2cccnc2N(C)C)cc1. The first-order valence-corrected chi connectivity index (χ1v) is 8.12. The lowest BCUT2D eigenvalue weighted by Crippen LogP contribution is -2.29. The van der Waals surface area contributed by atoms with Crippen LogP contribution in [0.15, 0.2) is 47.5 Å². The summed E-state index contributed by atoms with van der Waals surface area (Å²) in [4.78, 5) is 19.4. The standard InChI is InChI=1S/C16H20N4OS/c1-20(2)15-12(5-4-10-17-15)11-18-16(21)19-13-6-8-14(22-3)9-7-13/h4-10H,11H2,1-3H3,(H2,18,19,21). The molecule has 1 aromatic heterocycles. The predicted octanol–water partition coefficient (Wildman–Crippen LogP) is 3.19. The summed E-state index contributed by atoms with van der Waals surface area (Å²) in [6.07, 6.45) is 3.76. The summed E-state index contributed by atoms with van der Waals surface area (Å²) in [7, 11) is 3.86. The van der Waals surface area contributed by atoms with E-state index in [4.69, 9.17) is 0 Å². The number of thioether (sulfide) groups is 1. The largest absolute Gasteiger partial charge is 0.362 e. The molecule has 116 valence electrons. The van der Waals surface area contributed by atoms with E-state index in [0.717, 1.165) is 22.0 Å². The molecule has 0 unspecified atom stereocenters. The predicted molar refractivity (Wildman–Crippen MR) is 92.6 cm³/mol. The summed E-state index contributed by atoms with van der Waals surface area (Å²) in [5, 5.41) is 5.67. The summed E-state index contributed by atoms with van der Waals surface area (Å²) >= 11 is 1.67. The first kappa shape index (κ1) is 16.2. The van der Waals surface area contributed by atoms with Crippen molar-refractivity contribution in [2.45, 2.75) is 11.4 Å². The Morgan fingerprint density at radius 2 is 1.95 bits per heavy atom. The molecule has 2 N–H and O–H groups in total. The molecule has 5 nitrogen and oxygen atoms in total. The van der Waals surface area contributed by atoms with Crippen LogP contribution in [-0.2, 0) is 6.54 Å². The van der Waals surface area contributed by atoms with E-state index in [9.17, 15) is 4.79 Å². The van der Waals surface area contributed by atoms with E-state index in [0.29, 0.717) is 6.54 Å². The van der Waals surface area contributed by atoms with Crippen molar-refractivity contribution in [1.29, 1.82) is 0 Å². The zero-order chi connectivity index (χ0) is 15.9. The number of nitrogens with zero attached hydrogens (tertiary/aromatic N) is 2. The van der Waals surface area contributed by atoms with Crippen molar-refractivity contribution < 1.29 is 4.79 Å². The number of pyridine rings is 1. The molecule has 0 bridgehead atoms. The lowest BCUT2D eigenvalue weighted by Gasteiger charge is -2.16. The highest BCUT2D eigenvalue weighted by atomic mass is 32.2. The minimum atomic E-state index is -0.231. The first-order chi connectivity index (χ1) is 10.6. The minimum absolute atomic E-state index is 0.231. The monoisotopic (exact) mass is 316 g/mol. The molecule has 0 aliphatic carbocycles. The third-order valence-corrected chi connectivity index (χ3v) is 3.82. The number of amides is 2. The molecular formula is C16H20N4OS. The average Bonchev–Trinajstić information content (AvgIpc) is 2.54. The maximum absolute atomic E-state index is 12.0. The van der Waals surface area contributed by atoms with Gasteiger partial charge < -0.3 is 15.5 Å². The van der Waals surface area contributed by atoms with Crippen LogP contribution in [0.5, 0.6) is 0 Å². The number of anilines is 2. The summed E-state index contributed by atoms with van der Waals surface area (Å²) in [5.41, 5.74) is 1.75. The number of hydrogen-bond donors (Lipinski definition) is 2. The van der Waals surface area contributed by atoms with Crippen molar-refractivity contribution in [3.63, 3.8) is 0 Å². The highest BCUT2D eigenvalue weighted by Crippen LogP contribution is 2.17. The number of benzene rings is 1. The van der Waals surface area contributed by atoms with Crippen molar-refractivity contribution in [1.82, 2.24) is 10.3 Å². The number of urea groups is 1. The van der Waals surface area contributed by atoms with Gasteiger partial charge in [-0.15, -0.1) is 11.8 Å². The van der Waals surface area contributed by atoms with E-state index in [1.807, 2.05) is 61.6 Å². The molecule has 0 radical (unpaired) electrons. The van der Waals surface area contributed by atoms with Gasteiger partial charge in [-0.2, -0.15) is 0 Å². The second-order valence-corrected chi connectivity index (χ2v) is 5.80. The van der Waals surface area contributed by atoms with Gasteiger partial charge in [0.05, 0.1) is 0 Å². The van der Waals surface area contributed by atoms with E-state index in [-0.39, 0.29) is 6.03 Å². The van der Waals surface area contributed by atoms with E-state index < -0.39 is 0 Å². The molecule has 0 aliphatic rings. The molecule has 0 aliphatic heterocycles. The molecule has 0 spiro atoms. The van der Waals surface area contributed by atoms with E-state index in [2.05, 4.69) is 15.6 Å². The molecule has 2 amide bonds. The van der Waals surface area contributed by atoms with Crippen LogP contribution in [0.3, 0.4) is 0 Å². The van der Waals surface area contributed by atoms with Gasteiger partial charge in [0.1, 0.15) is 5.82 Å². The second-order valence-electron chi connectivity index (χ2n) is 4.92. The van der Waals surface area contributed by atoms with Crippen LogP contribution in [-0.4, -0.2) is 31.4 Å². The van der Waals surface area contributed by atoms with Crippen LogP contribution in [0.1, 0.15) is 5.56 Å². The van der Waals surface area contributed by atoms with Crippen molar-refractivity contribution >= 4 is 29.3 Å². The van der Waals surface area contributed by atoms with Gasteiger partial charge >= 0.3 is 6.03 Å². The number of aromatic nitrogens is 1. The number of nitrogens with one attached hydrogen (secondary N) is 2. The maximum Gasteiger partial charge on any atom is 0.319 e. The van der Waals surface area contributed by atoms with Gasteiger partial charge in [0.2, 0.25) is 0 Å². The van der Waals surface area contributed by atoms with Crippen LogP contribution in [0, 0.1) is 0 Å². The summed E-state index contributed by atoms with van der Waals surface area (Å²) in [6.45, 7) is 0.427. The highest BCUT2D eigenvalue weighted by molar-refractivity contribution is 7.98. The molecule has 2 rings (SSSR count). The van der Waals surface area contributed by atoms with Crippen molar-refractivity contribution in [3.05, 3.63) is 48.2 Å². The molecule has 0 fully saturated rings. The fraction of sp³-hybridized carbons (Fsp3) is 0.250. The summed E-state index contributed by atoms with van der Waals surface area (Å²) in [6, 6.07) is 11.3. The molecule has 6 heteroatoms. The summed E-state index contributed by atoms with van der Waals surface area (Å²) in [5.74, 6) is 0.854. The summed E-state index contributed by atoms with van der Waals surface area (Å²) < 4.78 is 0. The second kappa shape index (κ2) is 7.70. The van der Waals surface area contributed by atoms with Gasteiger partial charge in [-0.1, -0.05) is 6.07 Å². The van der Waals surface area contributed by atoms with Gasteiger partial charge in [-0.25, -0.2) is 9.78 Å². The van der Waals surface area contributed by atoms with E-state index >= 15 is 0 Å². The van der Waals surface area contributed by atoms with Gasteiger partial charge in [-0.05, 0) is 36.6 Å². The van der Waals surface area contributed by atoms with Gasteiger partial charge in [-0.3, -0.25) is 0 Å². The quantitative estimate of drug-likeness (QED) is 0.832. The van der Waals surface area contributed by atoms with Crippen molar-refractivity contribution in [3.8, 4) is 0 Å². The van der Waals surface area contributed by atoms with E-state index in [1.54, 1.807) is 18.0 Å². The number of carbonyl (C=O) groups is 1. The zero-order valence-electron chi connectivity index (χ0n) is 13.0. The van der Waals surface area contributed by atoms with Crippen LogP contribution >= 0.6 is 11.8 Å². The molecule has 1 heterocycles. The minimum Gasteiger partial charge on any atom is -0.362 e. The van der Waals surface area contributed by atoms with Gasteiger partial charge in [0, 0.05) is 43.0 Å².